The summed E-state index contributed by atoms with van der Waals surface area (Å²) < 4.78 is 24.4. The summed E-state index contributed by atoms with van der Waals surface area (Å²) in [5.74, 6) is 1.31. The molecule has 3 rings (SSSR count). The lowest BCUT2D eigenvalue weighted by molar-refractivity contribution is 0.224. The van der Waals surface area contributed by atoms with Gasteiger partial charge in [0, 0.05) is 22.7 Å². The van der Waals surface area contributed by atoms with E-state index in [0.717, 1.165) is 5.56 Å². The molecule has 0 saturated carbocycles. The predicted octanol–water partition coefficient (Wildman–Crippen LogP) is 3.24. The molecule has 0 atom stereocenters. The highest BCUT2D eigenvalue weighted by molar-refractivity contribution is 6.31. The van der Waals surface area contributed by atoms with Gasteiger partial charge in [-0.05, 0) is 42.6 Å². The first kappa shape index (κ1) is 19.1. The van der Waals surface area contributed by atoms with Crippen molar-refractivity contribution in [3.63, 3.8) is 0 Å². The summed E-state index contributed by atoms with van der Waals surface area (Å²) in [7, 11) is 4.96. The van der Waals surface area contributed by atoms with Gasteiger partial charge in [0.2, 0.25) is 5.82 Å². The second-order valence-corrected chi connectivity index (χ2v) is 6.32. The summed E-state index contributed by atoms with van der Waals surface area (Å²) in [6.07, 6.45) is 0. The van der Waals surface area contributed by atoms with Gasteiger partial charge in [0.1, 0.15) is 12.5 Å². The SMILES string of the molecule is COc1ccc(-c2nnn(CN(C)Cc3c(F)cccc3Cl)n2)cc1OC. The lowest BCUT2D eigenvalue weighted by Crippen LogP contribution is -2.24. The van der Waals surface area contributed by atoms with Crippen LogP contribution in [-0.4, -0.2) is 46.4 Å². The van der Waals surface area contributed by atoms with Crippen LogP contribution in [0.3, 0.4) is 0 Å². The number of rotatable bonds is 7. The van der Waals surface area contributed by atoms with Crippen molar-refractivity contribution in [3.8, 4) is 22.9 Å². The number of hydrogen-bond donors (Lipinski definition) is 0. The highest BCUT2D eigenvalue weighted by Crippen LogP contribution is 2.30. The van der Waals surface area contributed by atoms with E-state index in [1.54, 1.807) is 38.5 Å². The van der Waals surface area contributed by atoms with Crippen LogP contribution in [-0.2, 0) is 13.2 Å². The molecule has 0 saturated heterocycles. The number of methoxy groups -OCH3 is 2. The fourth-order valence-corrected chi connectivity index (χ4v) is 2.84. The molecule has 0 bridgehead atoms. The lowest BCUT2D eigenvalue weighted by Gasteiger charge is -2.16. The summed E-state index contributed by atoms with van der Waals surface area (Å²) in [6, 6.07) is 10.0. The number of benzene rings is 2. The van der Waals surface area contributed by atoms with Gasteiger partial charge in [-0.25, -0.2) is 4.39 Å². The first-order valence-corrected chi connectivity index (χ1v) is 8.51. The molecular weight excluding hydrogens is 373 g/mol. The zero-order valence-corrected chi connectivity index (χ0v) is 15.9. The van der Waals surface area contributed by atoms with E-state index in [-0.39, 0.29) is 5.82 Å². The Hall–Kier alpha value is -2.71. The molecule has 9 heteroatoms. The molecule has 0 N–H and O–H groups in total. The van der Waals surface area contributed by atoms with E-state index in [4.69, 9.17) is 21.1 Å². The van der Waals surface area contributed by atoms with Gasteiger partial charge in [0.05, 0.1) is 14.2 Å². The monoisotopic (exact) mass is 391 g/mol. The summed E-state index contributed by atoms with van der Waals surface area (Å²) in [6.45, 7) is 0.643. The van der Waals surface area contributed by atoms with E-state index >= 15 is 0 Å². The molecule has 7 nitrogen and oxygen atoms in total. The molecule has 0 aliphatic rings. The first-order chi connectivity index (χ1) is 13.0. The van der Waals surface area contributed by atoms with Crippen molar-refractivity contribution >= 4 is 11.6 Å². The van der Waals surface area contributed by atoms with E-state index in [1.807, 2.05) is 18.0 Å². The minimum absolute atomic E-state index is 0.318. The van der Waals surface area contributed by atoms with Crippen LogP contribution in [0, 0.1) is 5.82 Å². The molecule has 0 spiro atoms. The van der Waals surface area contributed by atoms with Gasteiger partial charge in [-0.3, -0.25) is 4.90 Å². The summed E-state index contributed by atoms with van der Waals surface area (Å²) in [5.41, 5.74) is 1.18. The van der Waals surface area contributed by atoms with Gasteiger partial charge in [-0.15, -0.1) is 15.0 Å². The number of aromatic nitrogens is 4. The van der Waals surface area contributed by atoms with Crippen molar-refractivity contribution in [2.24, 2.45) is 0 Å². The minimum Gasteiger partial charge on any atom is -0.493 e. The van der Waals surface area contributed by atoms with Crippen LogP contribution in [0.25, 0.3) is 11.4 Å². The van der Waals surface area contributed by atoms with E-state index in [1.165, 1.54) is 10.9 Å². The maximum absolute atomic E-state index is 13.9. The molecule has 1 heterocycles. The zero-order valence-electron chi connectivity index (χ0n) is 15.2. The molecule has 0 unspecified atom stereocenters. The molecule has 0 radical (unpaired) electrons. The van der Waals surface area contributed by atoms with Crippen LogP contribution in [0.15, 0.2) is 36.4 Å². The van der Waals surface area contributed by atoms with Gasteiger partial charge < -0.3 is 9.47 Å². The third kappa shape index (κ3) is 4.35. The third-order valence-electron chi connectivity index (χ3n) is 3.95. The fourth-order valence-electron chi connectivity index (χ4n) is 2.61. The number of tetrazole rings is 1. The Bertz CT molecular complexity index is 914. The number of hydrogen-bond acceptors (Lipinski definition) is 6. The second-order valence-electron chi connectivity index (χ2n) is 5.91. The molecule has 0 amide bonds. The number of halogens is 2. The maximum atomic E-state index is 13.9. The molecule has 1 aromatic heterocycles. The summed E-state index contributed by atoms with van der Waals surface area (Å²) >= 11 is 6.07. The van der Waals surface area contributed by atoms with Gasteiger partial charge in [0.25, 0.3) is 0 Å². The molecule has 2 aromatic carbocycles. The van der Waals surface area contributed by atoms with Crippen molar-refractivity contribution in [3.05, 3.63) is 52.8 Å². The average Bonchev–Trinajstić information content (AvgIpc) is 3.12. The van der Waals surface area contributed by atoms with E-state index in [9.17, 15) is 4.39 Å². The highest BCUT2D eigenvalue weighted by atomic mass is 35.5. The normalized spacial score (nSPS) is 11.0. The molecule has 0 aliphatic heterocycles. The Balaban J connectivity index is 1.72. The zero-order chi connectivity index (χ0) is 19.4. The Labute approximate surface area is 161 Å². The lowest BCUT2D eigenvalue weighted by atomic mass is 10.2. The van der Waals surface area contributed by atoms with Gasteiger partial charge in [-0.1, -0.05) is 17.7 Å². The van der Waals surface area contributed by atoms with Gasteiger partial charge in [0.15, 0.2) is 11.5 Å². The Kier molecular flexibility index (Phi) is 5.88. The van der Waals surface area contributed by atoms with Crippen LogP contribution in [0.4, 0.5) is 4.39 Å². The Morgan fingerprint density at radius 3 is 2.63 bits per heavy atom. The van der Waals surface area contributed by atoms with Crippen molar-refractivity contribution < 1.29 is 13.9 Å². The van der Waals surface area contributed by atoms with Crippen LogP contribution >= 0.6 is 11.6 Å². The highest BCUT2D eigenvalue weighted by Gasteiger charge is 2.13. The molecule has 27 heavy (non-hydrogen) atoms. The fraction of sp³-hybridized carbons (Fsp3) is 0.278. The van der Waals surface area contributed by atoms with Crippen LogP contribution in [0.1, 0.15) is 5.56 Å². The molecular formula is C18H19ClFN5O2. The number of ether oxygens (including phenoxy) is 2. The topological polar surface area (TPSA) is 65.3 Å². The van der Waals surface area contributed by atoms with Crippen molar-refractivity contribution in [2.45, 2.75) is 13.2 Å². The van der Waals surface area contributed by atoms with Crippen molar-refractivity contribution in [1.82, 2.24) is 25.1 Å². The summed E-state index contributed by atoms with van der Waals surface area (Å²) in [4.78, 5) is 3.27. The third-order valence-corrected chi connectivity index (χ3v) is 4.31. The van der Waals surface area contributed by atoms with Crippen LogP contribution in [0.5, 0.6) is 11.5 Å². The van der Waals surface area contributed by atoms with E-state index in [2.05, 4.69) is 15.4 Å². The van der Waals surface area contributed by atoms with Gasteiger partial charge in [-0.2, -0.15) is 0 Å². The standard InChI is InChI=1S/C18H19ClFN5O2/c1-24(10-13-14(19)5-4-6-15(13)20)11-25-22-18(21-23-25)12-7-8-16(26-2)17(9-12)27-3/h4-9H,10-11H2,1-3H3. The average molecular weight is 392 g/mol. The predicted molar refractivity (Wildman–Crippen MR) is 99.2 cm³/mol. The van der Waals surface area contributed by atoms with Gasteiger partial charge >= 0.3 is 0 Å². The second kappa shape index (κ2) is 8.32. The molecule has 0 aliphatic carbocycles. The van der Waals surface area contributed by atoms with Crippen molar-refractivity contribution in [1.29, 1.82) is 0 Å². The number of nitrogens with zero attached hydrogens (tertiary/aromatic N) is 5. The van der Waals surface area contributed by atoms with Crippen LogP contribution in [0.2, 0.25) is 5.02 Å². The van der Waals surface area contributed by atoms with E-state index in [0.29, 0.717) is 41.1 Å². The first-order valence-electron chi connectivity index (χ1n) is 8.13. The minimum atomic E-state index is -0.341. The quantitative estimate of drug-likeness (QED) is 0.616. The van der Waals surface area contributed by atoms with Crippen molar-refractivity contribution in [2.75, 3.05) is 21.3 Å². The summed E-state index contributed by atoms with van der Waals surface area (Å²) in [5, 5.41) is 12.9. The Morgan fingerprint density at radius 1 is 1.15 bits per heavy atom. The largest absolute Gasteiger partial charge is 0.493 e. The smallest absolute Gasteiger partial charge is 0.205 e. The van der Waals surface area contributed by atoms with Crippen LogP contribution < -0.4 is 9.47 Å². The molecule has 0 fully saturated rings. The molecule has 142 valence electrons. The molecule has 3 aromatic rings. The Morgan fingerprint density at radius 2 is 1.93 bits per heavy atom. The van der Waals surface area contributed by atoms with E-state index < -0.39 is 0 Å². The maximum Gasteiger partial charge on any atom is 0.205 e.